The molecule has 1 nitrogen and oxygen atoms in total. The molecule has 1 heterocycles. The largest absolute Gasteiger partial charge is 0.379 e. The minimum absolute atomic E-state index is 0.507. The van der Waals surface area contributed by atoms with Gasteiger partial charge in [0.1, 0.15) is 4.34 Å². The highest BCUT2D eigenvalue weighted by Gasteiger charge is 2.09. The fourth-order valence-electron chi connectivity index (χ4n) is 1.32. The van der Waals surface area contributed by atoms with E-state index in [2.05, 4.69) is 37.2 Å². The fourth-order valence-corrected chi connectivity index (χ4v) is 3.89. The van der Waals surface area contributed by atoms with Gasteiger partial charge in [-0.25, -0.2) is 0 Å². The molecule has 0 aliphatic carbocycles. The van der Waals surface area contributed by atoms with Crippen molar-refractivity contribution in [2.24, 2.45) is 0 Å². The van der Waals surface area contributed by atoms with Crippen LogP contribution in [-0.2, 0) is 6.54 Å². The third-order valence-corrected chi connectivity index (χ3v) is 6.43. The second kappa shape index (κ2) is 6.33. The maximum Gasteiger partial charge on any atom is 0.107 e. The van der Waals surface area contributed by atoms with Crippen LogP contribution in [0.15, 0.2) is 27.1 Å². The van der Waals surface area contributed by atoms with Crippen LogP contribution in [0.3, 0.4) is 0 Å². The lowest BCUT2D eigenvalue weighted by Crippen LogP contribution is -1.98. The van der Waals surface area contributed by atoms with Gasteiger partial charge in [0, 0.05) is 20.4 Å². The molecule has 0 saturated carbocycles. The highest BCUT2D eigenvalue weighted by Crippen LogP contribution is 2.37. The van der Waals surface area contributed by atoms with Gasteiger partial charge in [0.25, 0.3) is 0 Å². The van der Waals surface area contributed by atoms with Crippen molar-refractivity contribution in [3.8, 4) is 0 Å². The maximum absolute atomic E-state index is 6.14. The summed E-state index contributed by atoms with van der Waals surface area (Å²) in [7, 11) is 0. The summed E-state index contributed by atoms with van der Waals surface area (Å²) in [5.41, 5.74) is 0.797. The van der Waals surface area contributed by atoms with Gasteiger partial charge < -0.3 is 5.32 Å². The van der Waals surface area contributed by atoms with Crippen LogP contribution >= 0.6 is 78.0 Å². The summed E-state index contributed by atoms with van der Waals surface area (Å²) < 4.78 is 2.43. The summed E-state index contributed by atoms with van der Waals surface area (Å²) in [6.45, 7) is 0.646. The number of thiophene rings is 1. The van der Waals surface area contributed by atoms with Crippen molar-refractivity contribution >= 4 is 83.7 Å². The van der Waals surface area contributed by atoms with Gasteiger partial charge in [-0.05, 0) is 50.1 Å². The third kappa shape index (κ3) is 3.35. The van der Waals surface area contributed by atoms with Crippen LogP contribution < -0.4 is 5.32 Å². The topological polar surface area (TPSA) is 12.0 Å². The van der Waals surface area contributed by atoms with Gasteiger partial charge in [-0.1, -0.05) is 34.8 Å². The molecular formula is C11H6Br2Cl3NS. The number of hydrogen-bond acceptors (Lipinski definition) is 2. The Morgan fingerprint density at radius 2 is 1.78 bits per heavy atom. The smallest absolute Gasteiger partial charge is 0.107 e. The standard InChI is InChI=1S/C11H6Br2Cl3NS/c12-6-1-2-8(10(15)9(6)14)17-4-5-3-7(13)11(16)18-5/h1-3,17H,4H2. The summed E-state index contributed by atoms with van der Waals surface area (Å²) >= 11 is 26.4. The molecule has 18 heavy (non-hydrogen) atoms. The Bertz CT molecular complexity index is 566. The predicted octanol–water partition coefficient (Wildman–Crippen LogP) is 6.85. The summed E-state index contributed by atoms with van der Waals surface area (Å²) in [4.78, 5) is 1.11. The number of anilines is 1. The van der Waals surface area contributed by atoms with Crippen LogP contribution in [-0.4, -0.2) is 0 Å². The molecule has 1 aromatic carbocycles. The van der Waals surface area contributed by atoms with Gasteiger partial charge in [0.05, 0.1) is 15.7 Å². The third-order valence-electron chi connectivity index (χ3n) is 2.18. The van der Waals surface area contributed by atoms with Gasteiger partial charge in [0.15, 0.2) is 0 Å². The van der Waals surface area contributed by atoms with Gasteiger partial charge in [-0.15, -0.1) is 11.3 Å². The van der Waals surface area contributed by atoms with Crippen LogP contribution in [0.2, 0.25) is 14.4 Å². The first-order chi connectivity index (χ1) is 8.49. The van der Waals surface area contributed by atoms with E-state index in [0.717, 1.165) is 23.8 Å². The number of halogens is 5. The van der Waals surface area contributed by atoms with Crippen molar-refractivity contribution in [3.63, 3.8) is 0 Å². The lowest BCUT2D eigenvalue weighted by Gasteiger charge is -2.09. The molecule has 0 unspecified atom stereocenters. The zero-order valence-corrected chi connectivity index (χ0v) is 15.0. The quantitative estimate of drug-likeness (QED) is 0.505. The zero-order valence-electron chi connectivity index (χ0n) is 8.74. The molecule has 0 atom stereocenters. The molecule has 0 spiro atoms. The Labute approximate surface area is 141 Å². The second-order valence-corrected chi connectivity index (χ2v) is 7.61. The van der Waals surface area contributed by atoms with Crippen LogP contribution in [0.4, 0.5) is 5.69 Å². The Balaban J connectivity index is 2.13. The first-order valence-corrected chi connectivity index (χ1v) is 8.33. The Hall–Kier alpha value is 0.550. The van der Waals surface area contributed by atoms with E-state index in [0.29, 0.717) is 16.6 Å². The first-order valence-electron chi connectivity index (χ1n) is 4.80. The Morgan fingerprint density at radius 3 is 2.39 bits per heavy atom. The number of benzene rings is 1. The fraction of sp³-hybridized carbons (Fsp3) is 0.0909. The lowest BCUT2D eigenvalue weighted by molar-refractivity contribution is 1.19. The summed E-state index contributed by atoms with van der Waals surface area (Å²) in [5, 5.41) is 4.25. The SMILES string of the molecule is Clc1sc(CNc2ccc(Br)c(Cl)c2Cl)cc1Br. The van der Waals surface area contributed by atoms with E-state index in [1.807, 2.05) is 18.2 Å². The van der Waals surface area contributed by atoms with E-state index in [9.17, 15) is 0 Å². The summed E-state index contributed by atoms with van der Waals surface area (Å²) in [5.74, 6) is 0. The Morgan fingerprint density at radius 1 is 1.06 bits per heavy atom. The van der Waals surface area contributed by atoms with Crippen LogP contribution in [0.5, 0.6) is 0 Å². The average Bonchev–Trinajstić information content (AvgIpc) is 2.65. The molecule has 1 N–H and O–H groups in total. The molecule has 1 aromatic heterocycles. The van der Waals surface area contributed by atoms with Crippen molar-refractivity contribution in [1.82, 2.24) is 0 Å². The molecule has 0 bridgehead atoms. The molecule has 2 rings (SSSR count). The molecule has 0 aliphatic rings. The van der Waals surface area contributed by atoms with Crippen molar-refractivity contribution in [1.29, 1.82) is 0 Å². The molecule has 0 radical (unpaired) electrons. The van der Waals surface area contributed by atoms with E-state index in [1.165, 1.54) is 11.3 Å². The summed E-state index contributed by atoms with van der Waals surface area (Å²) in [6, 6.07) is 5.71. The molecule has 0 amide bonds. The van der Waals surface area contributed by atoms with Gasteiger partial charge in [-0.2, -0.15) is 0 Å². The van der Waals surface area contributed by atoms with E-state index >= 15 is 0 Å². The lowest BCUT2D eigenvalue weighted by atomic mass is 10.3. The minimum atomic E-state index is 0.507. The maximum atomic E-state index is 6.14. The molecular weight excluding hydrogens is 444 g/mol. The predicted molar refractivity (Wildman–Crippen MR) is 88.5 cm³/mol. The van der Waals surface area contributed by atoms with Gasteiger partial charge in [-0.3, -0.25) is 0 Å². The number of nitrogens with one attached hydrogen (secondary N) is 1. The molecule has 0 saturated heterocycles. The van der Waals surface area contributed by atoms with E-state index in [1.54, 1.807) is 0 Å². The number of hydrogen-bond donors (Lipinski definition) is 1. The molecule has 0 aliphatic heterocycles. The van der Waals surface area contributed by atoms with Gasteiger partial charge >= 0.3 is 0 Å². The first kappa shape index (κ1) is 14.9. The van der Waals surface area contributed by atoms with E-state index < -0.39 is 0 Å². The normalized spacial score (nSPS) is 10.7. The summed E-state index contributed by atoms with van der Waals surface area (Å²) in [6.07, 6.45) is 0. The van der Waals surface area contributed by atoms with Crippen LogP contribution in [0.25, 0.3) is 0 Å². The van der Waals surface area contributed by atoms with Crippen LogP contribution in [0.1, 0.15) is 4.88 Å². The molecule has 96 valence electrons. The van der Waals surface area contributed by atoms with Crippen molar-refractivity contribution in [2.45, 2.75) is 6.54 Å². The van der Waals surface area contributed by atoms with Gasteiger partial charge in [0.2, 0.25) is 0 Å². The molecule has 2 aromatic rings. The minimum Gasteiger partial charge on any atom is -0.379 e. The monoisotopic (exact) mass is 447 g/mol. The highest BCUT2D eigenvalue weighted by molar-refractivity contribution is 9.11. The van der Waals surface area contributed by atoms with Crippen LogP contribution in [0, 0.1) is 0 Å². The number of rotatable bonds is 3. The second-order valence-electron chi connectivity index (χ2n) is 3.41. The molecule has 0 fully saturated rings. The Kier molecular flexibility index (Phi) is 5.26. The zero-order chi connectivity index (χ0) is 13.3. The molecule has 7 heteroatoms. The van der Waals surface area contributed by atoms with Crippen molar-refractivity contribution in [3.05, 3.63) is 46.4 Å². The van der Waals surface area contributed by atoms with E-state index in [-0.39, 0.29) is 0 Å². The average molecular weight is 450 g/mol. The highest BCUT2D eigenvalue weighted by atomic mass is 79.9. The van der Waals surface area contributed by atoms with Crippen molar-refractivity contribution in [2.75, 3.05) is 5.32 Å². The van der Waals surface area contributed by atoms with Crippen molar-refractivity contribution < 1.29 is 0 Å². The van der Waals surface area contributed by atoms with E-state index in [4.69, 9.17) is 34.8 Å².